The molecule has 1 unspecified atom stereocenters. The van der Waals surface area contributed by atoms with Crippen molar-refractivity contribution in [2.45, 2.75) is 57.9 Å². The Morgan fingerprint density at radius 1 is 0.967 bits per heavy atom. The second kappa shape index (κ2) is 8.82. The zero-order valence-electron chi connectivity index (χ0n) is 17.4. The van der Waals surface area contributed by atoms with Gasteiger partial charge in [0.25, 0.3) is 0 Å². The molecule has 2 aliphatic carbocycles. The summed E-state index contributed by atoms with van der Waals surface area (Å²) in [5, 5.41) is 5.87. The molecule has 0 saturated heterocycles. The Labute approximate surface area is 177 Å². The average molecular weight is 405 g/mol. The maximum Gasteiger partial charge on any atom is 0.227 e. The van der Waals surface area contributed by atoms with Crippen LogP contribution in [0.1, 0.15) is 72.1 Å². The Balaban J connectivity index is 1.25. The number of carbonyl (C=O) groups is 3. The number of anilines is 1. The molecule has 0 radical (unpaired) electrons. The van der Waals surface area contributed by atoms with Gasteiger partial charge >= 0.3 is 0 Å². The fourth-order valence-electron chi connectivity index (χ4n) is 3.96. The third kappa shape index (κ3) is 4.96. The van der Waals surface area contributed by atoms with E-state index < -0.39 is 0 Å². The Kier molecular flexibility index (Phi) is 5.98. The van der Waals surface area contributed by atoms with Crippen LogP contribution in [0.5, 0.6) is 0 Å². The van der Waals surface area contributed by atoms with Gasteiger partial charge in [-0.05, 0) is 73.9 Å². The van der Waals surface area contributed by atoms with Crippen molar-refractivity contribution < 1.29 is 14.4 Å². The molecule has 5 nitrogen and oxygen atoms in total. The van der Waals surface area contributed by atoms with Crippen molar-refractivity contribution in [2.75, 3.05) is 5.32 Å². The van der Waals surface area contributed by atoms with Crippen molar-refractivity contribution >= 4 is 23.3 Å². The van der Waals surface area contributed by atoms with Gasteiger partial charge < -0.3 is 10.6 Å². The van der Waals surface area contributed by atoms with Crippen molar-refractivity contribution in [1.82, 2.24) is 5.32 Å². The fourth-order valence-corrected chi connectivity index (χ4v) is 3.96. The molecule has 0 bridgehead atoms. The highest BCUT2D eigenvalue weighted by Crippen LogP contribution is 2.30. The summed E-state index contributed by atoms with van der Waals surface area (Å²) in [5.74, 6) is 0.130. The molecular formula is C25H28N2O3. The van der Waals surface area contributed by atoms with Crippen LogP contribution in [0, 0.1) is 5.92 Å². The molecule has 2 aromatic carbocycles. The van der Waals surface area contributed by atoms with E-state index in [0.29, 0.717) is 5.56 Å². The van der Waals surface area contributed by atoms with Crippen LogP contribution in [0.2, 0.25) is 0 Å². The fraction of sp³-hybridized carbons (Fsp3) is 0.400. The molecule has 4 rings (SSSR count). The van der Waals surface area contributed by atoms with Gasteiger partial charge in [0, 0.05) is 30.0 Å². The van der Waals surface area contributed by atoms with Crippen LogP contribution >= 0.6 is 0 Å². The van der Waals surface area contributed by atoms with Crippen LogP contribution in [0.4, 0.5) is 5.69 Å². The molecule has 2 amide bonds. The maximum atomic E-state index is 12.5. The zero-order valence-corrected chi connectivity index (χ0v) is 17.4. The predicted molar refractivity (Wildman–Crippen MR) is 116 cm³/mol. The summed E-state index contributed by atoms with van der Waals surface area (Å²) in [4.78, 5) is 36.6. The number of rotatable bonds is 8. The molecule has 1 fully saturated rings. The predicted octanol–water partition coefficient (Wildman–Crippen LogP) is 4.36. The van der Waals surface area contributed by atoms with Crippen LogP contribution in [-0.4, -0.2) is 17.6 Å². The number of fused-ring (bicyclic) bond motifs is 1. The van der Waals surface area contributed by atoms with Gasteiger partial charge in [0.15, 0.2) is 5.78 Å². The highest BCUT2D eigenvalue weighted by Gasteiger charge is 2.29. The summed E-state index contributed by atoms with van der Waals surface area (Å²) in [6, 6.07) is 13.3. The van der Waals surface area contributed by atoms with E-state index in [1.54, 1.807) is 0 Å². The van der Waals surface area contributed by atoms with Crippen LogP contribution in [-0.2, 0) is 22.4 Å². The molecule has 0 aromatic heterocycles. The number of ketones is 1. The van der Waals surface area contributed by atoms with Crippen LogP contribution < -0.4 is 10.6 Å². The number of amides is 2. The minimum absolute atomic E-state index is 0.0169. The number of Topliss-reactive ketones (excluding diaryl/α,β-unsaturated/α-hetero) is 1. The van der Waals surface area contributed by atoms with E-state index in [2.05, 4.69) is 16.7 Å². The molecule has 1 saturated carbocycles. The molecule has 2 N–H and O–H groups in total. The first-order valence-corrected chi connectivity index (χ1v) is 10.8. The number of nitrogens with one attached hydrogen (secondary N) is 2. The molecule has 0 heterocycles. The smallest absolute Gasteiger partial charge is 0.227 e. The number of hydrogen-bond donors (Lipinski definition) is 2. The van der Waals surface area contributed by atoms with Gasteiger partial charge in [0.05, 0.1) is 6.04 Å². The Morgan fingerprint density at radius 3 is 2.43 bits per heavy atom. The zero-order chi connectivity index (χ0) is 21.1. The second-order valence-electron chi connectivity index (χ2n) is 8.43. The van der Waals surface area contributed by atoms with Gasteiger partial charge in [0.1, 0.15) is 0 Å². The van der Waals surface area contributed by atoms with Gasteiger partial charge in [-0.1, -0.05) is 24.3 Å². The van der Waals surface area contributed by atoms with Crippen LogP contribution in [0.15, 0.2) is 42.5 Å². The standard InChI is InChI=1S/C25H28N2O3/c1-16(17-9-11-22(12-10-17)27-25(30)19-6-7-19)26-24(29)14-13-23(28)21-8-5-18-3-2-4-20(18)15-21/h5,8-12,15-16,19H,2-4,6-7,13-14H2,1H3,(H,26,29)(H,27,30). The SMILES string of the molecule is CC(NC(=O)CCC(=O)c1ccc2c(c1)CCC2)c1ccc(NC(=O)C2CC2)cc1. The van der Waals surface area contributed by atoms with Crippen molar-refractivity contribution in [3.05, 3.63) is 64.7 Å². The largest absolute Gasteiger partial charge is 0.350 e. The van der Waals surface area contributed by atoms with Gasteiger partial charge in [-0.3, -0.25) is 14.4 Å². The monoisotopic (exact) mass is 404 g/mol. The molecule has 1 atom stereocenters. The summed E-state index contributed by atoms with van der Waals surface area (Å²) in [7, 11) is 0. The minimum Gasteiger partial charge on any atom is -0.350 e. The normalized spacial score (nSPS) is 15.9. The van der Waals surface area contributed by atoms with E-state index in [-0.39, 0.29) is 42.4 Å². The molecule has 0 spiro atoms. The van der Waals surface area contributed by atoms with Gasteiger partial charge in [-0.25, -0.2) is 0 Å². The Hall–Kier alpha value is -2.95. The first-order valence-electron chi connectivity index (χ1n) is 10.8. The average Bonchev–Trinajstić information content (AvgIpc) is 3.50. The van der Waals surface area contributed by atoms with Crippen molar-refractivity contribution in [3.8, 4) is 0 Å². The van der Waals surface area contributed by atoms with E-state index >= 15 is 0 Å². The lowest BCUT2D eigenvalue weighted by Crippen LogP contribution is -2.27. The lowest BCUT2D eigenvalue weighted by molar-refractivity contribution is -0.121. The van der Waals surface area contributed by atoms with E-state index in [0.717, 1.165) is 43.4 Å². The van der Waals surface area contributed by atoms with Crippen molar-refractivity contribution in [1.29, 1.82) is 0 Å². The van der Waals surface area contributed by atoms with Gasteiger partial charge in [-0.15, -0.1) is 0 Å². The lowest BCUT2D eigenvalue weighted by atomic mass is 10.0. The summed E-state index contributed by atoms with van der Waals surface area (Å²) >= 11 is 0. The van der Waals surface area contributed by atoms with E-state index in [4.69, 9.17) is 0 Å². The highest BCUT2D eigenvalue weighted by atomic mass is 16.2. The third-order valence-corrected chi connectivity index (χ3v) is 6.00. The van der Waals surface area contributed by atoms with Crippen LogP contribution in [0.25, 0.3) is 0 Å². The molecular weight excluding hydrogens is 376 g/mol. The molecule has 0 aliphatic heterocycles. The quantitative estimate of drug-likeness (QED) is 0.642. The van der Waals surface area contributed by atoms with Crippen LogP contribution in [0.3, 0.4) is 0 Å². The maximum absolute atomic E-state index is 12.5. The number of benzene rings is 2. The first kappa shape index (κ1) is 20.3. The number of aryl methyl sites for hydroxylation is 2. The second-order valence-corrected chi connectivity index (χ2v) is 8.43. The molecule has 5 heteroatoms. The molecule has 30 heavy (non-hydrogen) atoms. The first-order chi connectivity index (χ1) is 14.5. The summed E-state index contributed by atoms with van der Waals surface area (Å²) in [6.07, 6.45) is 5.62. The summed E-state index contributed by atoms with van der Waals surface area (Å²) in [5.41, 5.74) is 5.05. The molecule has 2 aromatic rings. The van der Waals surface area contributed by atoms with Gasteiger partial charge in [0.2, 0.25) is 11.8 Å². The number of carbonyl (C=O) groups excluding carboxylic acids is 3. The van der Waals surface area contributed by atoms with Crippen molar-refractivity contribution in [2.24, 2.45) is 5.92 Å². The number of hydrogen-bond acceptors (Lipinski definition) is 3. The third-order valence-electron chi connectivity index (χ3n) is 6.00. The van der Waals surface area contributed by atoms with E-state index in [1.165, 1.54) is 11.1 Å². The highest BCUT2D eigenvalue weighted by molar-refractivity contribution is 5.98. The lowest BCUT2D eigenvalue weighted by Gasteiger charge is -2.15. The Bertz CT molecular complexity index is 961. The summed E-state index contributed by atoms with van der Waals surface area (Å²) < 4.78 is 0. The van der Waals surface area contributed by atoms with Gasteiger partial charge in [-0.2, -0.15) is 0 Å². The van der Waals surface area contributed by atoms with E-state index in [9.17, 15) is 14.4 Å². The topological polar surface area (TPSA) is 75.3 Å². The van der Waals surface area contributed by atoms with Crippen molar-refractivity contribution in [3.63, 3.8) is 0 Å². The molecule has 2 aliphatic rings. The molecule has 156 valence electrons. The van der Waals surface area contributed by atoms with E-state index in [1.807, 2.05) is 43.3 Å². The Morgan fingerprint density at radius 2 is 1.70 bits per heavy atom. The minimum atomic E-state index is -0.166. The summed E-state index contributed by atoms with van der Waals surface area (Å²) in [6.45, 7) is 1.91.